The van der Waals surface area contributed by atoms with Crippen molar-refractivity contribution >= 4 is 5.97 Å². The molecule has 3 rings (SSSR count). The van der Waals surface area contributed by atoms with Gasteiger partial charge >= 0.3 is 5.97 Å². The number of benzene rings is 1. The molecule has 2 aliphatic rings. The van der Waals surface area contributed by atoms with Gasteiger partial charge in [0.2, 0.25) is 0 Å². The summed E-state index contributed by atoms with van der Waals surface area (Å²) in [6, 6.07) is 8.81. The molecule has 0 aromatic heterocycles. The molecule has 0 amide bonds. The van der Waals surface area contributed by atoms with Crippen LogP contribution in [0.1, 0.15) is 37.4 Å². The van der Waals surface area contributed by atoms with Gasteiger partial charge in [0.25, 0.3) is 0 Å². The molecule has 3 atom stereocenters. The number of hydroxylamine groups is 3. The predicted molar refractivity (Wildman–Crippen MR) is 76.9 cm³/mol. The Balaban J connectivity index is 1.62. The summed E-state index contributed by atoms with van der Waals surface area (Å²) < 4.78 is 5.24. The number of piperidine rings is 1. The lowest BCUT2D eigenvalue weighted by molar-refractivity contribution is -0.903. The summed E-state index contributed by atoms with van der Waals surface area (Å²) >= 11 is 0. The van der Waals surface area contributed by atoms with Crippen molar-refractivity contribution in [1.29, 1.82) is 0 Å². The number of hydrogen-bond donors (Lipinski definition) is 1. The van der Waals surface area contributed by atoms with Gasteiger partial charge in [0, 0.05) is 25.7 Å². The maximum atomic E-state index is 12.4. The highest BCUT2D eigenvalue weighted by atomic mass is 16.6. The molecule has 1 N–H and O–H groups in total. The van der Waals surface area contributed by atoms with Crippen molar-refractivity contribution in [3.63, 3.8) is 0 Å². The molecular formula is C16H21NO4. The molecule has 2 fully saturated rings. The quantitative estimate of drug-likeness (QED) is 0.524. The first kappa shape index (κ1) is 14.5. The summed E-state index contributed by atoms with van der Waals surface area (Å²) in [5.74, 6) is -0.618. The summed E-state index contributed by atoms with van der Waals surface area (Å²) in [6.45, 7) is 0. The molecule has 21 heavy (non-hydrogen) atoms. The summed E-state index contributed by atoms with van der Waals surface area (Å²) in [5, 5.41) is 22.4. The predicted octanol–water partition coefficient (Wildman–Crippen LogP) is 1.90. The van der Waals surface area contributed by atoms with Crippen molar-refractivity contribution in [3.8, 4) is 0 Å². The van der Waals surface area contributed by atoms with E-state index in [9.17, 15) is 15.1 Å². The Kier molecular flexibility index (Phi) is 3.73. The van der Waals surface area contributed by atoms with E-state index in [1.165, 1.54) is 0 Å². The largest absolute Gasteiger partial charge is 0.633 e. The summed E-state index contributed by atoms with van der Waals surface area (Å²) in [7, 11) is 1.72. The van der Waals surface area contributed by atoms with Crippen molar-refractivity contribution in [3.05, 3.63) is 41.1 Å². The van der Waals surface area contributed by atoms with E-state index in [0.29, 0.717) is 18.4 Å². The first-order valence-corrected chi connectivity index (χ1v) is 7.49. The van der Waals surface area contributed by atoms with Crippen LogP contribution in [-0.2, 0) is 9.53 Å². The first-order valence-electron chi connectivity index (χ1n) is 7.49. The van der Waals surface area contributed by atoms with E-state index in [0.717, 1.165) is 12.8 Å². The fraction of sp³-hybridized carbons (Fsp3) is 0.562. The first-order chi connectivity index (χ1) is 9.98. The van der Waals surface area contributed by atoms with E-state index in [1.807, 2.05) is 6.07 Å². The highest BCUT2D eigenvalue weighted by molar-refractivity contribution is 5.76. The lowest BCUT2D eigenvalue weighted by atomic mass is 9.99. The number of carbonyl (C=O) groups excluding carboxylic acids is 1. The van der Waals surface area contributed by atoms with E-state index < -0.39 is 12.1 Å². The van der Waals surface area contributed by atoms with Crippen LogP contribution < -0.4 is 0 Å². The van der Waals surface area contributed by atoms with Crippen LogP contribution in [0.15, 0.2) is 30.3 Å². The van der Waals surface area contributed by atoms with E-state index in [-0.39, 0.29) is 22.8 Å². The van der Waals surface area contributed by atoms with Gasteiger partial charge in [-0.1, -0.05) is 30.3 Å². The Bertz CT molecular complexity index is 500. The number of aliphatic hydroxyl groups excluding tert-OH is 1. The maximum absolute atomic E-state index is 12.4. The molecule has 114 valence electrons. The molecule has 5 heteroatoms. The van der Waals surface area contributed by atoms with Crippen molar-refractivity contribution in [2.75, 3.05) is 7.05 Å². The van der Waals surface area contributed by atoms with Gasteiger partial charge in [-0.25, -0.2) is 4.79 Å². The van der Waals surface area contributed by atoms with Gasteiger partial charge in [-0.05, 0) is 5.56 Å². The second-order valence-electron chi connectivity index (χ2n) is 6.29. The highest BCUT2D eigenvalue weighted by Gasteiger charge is 2.48. The zero-order valence-corrected chi connectivity index (χ0v) is 12.1. The SMILES string of the molecule is C[N+]1([O-])[C@H]2CC[C@H]1CC(OC(=O)[C@H](O)c1ccccc1)C2. The van der Waals surface area contributed by atoms with Crippen LogP contribution in [-0.4, -0.2) is 41.0 Å². The zero-order valence-electron chi connectivity index (χ0n) is 12.1. The van der Waals surface area contributed by atoms with Gasteiger partial charge in [0.1, 0.15) is 6.10 Å². The molecule has 1 aromatic carbocycles. The van der Waals surface area contributed by atoms with Gasteiger partial charge in [-0.15, -0.1) is 0 Å². The topological polar surface area (TPSA) is 69.6 Å². The molecule has 0 unspecified atom stereocenters. The molecular weight excluding hydrogens is 270 g/mol. The van der Waals surface area contributed by atoms with Crippen LogP contribution in [0.4, 0.5) is 0 Å². The molecule has 0 radical (unpaired) electrons. The minimum Gasteiger partial charge on any atom is -0.633 e. The molecule has 2 bridgehead atoms. The lowest BCUT2D eigenvalue weighted by Gasteiger charge is -2.50. The number of fused-ring (bicyclic) bond motifs is 2. The van der Waals surface area contributed by atoms with Crippen LogP contribution in [0.25, 0.3) is 0 Å². The summed E-state index contributed by atoms with van der Waals surface area (Å²) in [5.41, 5.74) is 0.533. The molecule has 2 aliphatic heterocycles. The smallest absolute Gasteiger partial charge is 0.339 e. The van der Waals surface area contributed by atoms with Crippen LogP contribution in [0.2, 0.25) is 0 Å². The third-order valence-corrected chi connectivity index (χ3v) is 4.97. The zero-order chi connectivity index (χ0) is 15.0. The Morgan fingerprint density at radius 2 is 1.86 bits per heavy atom. The molecule has 2 heterocycles. The number of ether oxygens (including phenoxy) is 1. The Morgan fingerprint density at radius 3 is 2.43 bits per heavy atom. The number of hydrogen-bond acceptors (Lipinski definition) is 4. The average molecular weight is 291 g/mol. The minimum absolute atomic E-state index is 0.0235. The molecule has 0 spiro atoms. The molecule has 1 aromatic rings. The average Bonchev–Trinajstić information content (AvgIpc) is 2.67. The highest BCUT2D eigenvalue weighted by Crippen LogP contribution is 2.41. The standard InChI is InChI=1S/C16H21NO4/c1-17(20)12-7-8-13(17)10-14(9-12)21-16(19)15(18)11-5-3-2-4-6-11/h2-6,12-15,18H,7-10H2,1H3/t12-,13-,14?,15+,17?/m0/s1. The normalized spacial score (nSPS) is 36.2. The van der Waals surface area contributed by atoms with Gasteiger partial charge < -0.3 is 19.7 Å². The van der Waals surface area contributed by atoms with E-state index in [1.54, 1.807) is 31.3 Å². The van der Waals surface area contributed by atoms with Crippen LogP contribution in [0, 0.1) is 5.21 Å². The van der Waals surface area contributed by atoms with Crippen molar-refractivity contribution < 1.29 is 19.3 Å². The second-order valence-corrected chi connectivity index (χ2v) is 6.29. The Hall–Kier alpha value is -1.43. The number of rotatable bonds is 3. The lowest BCUT2D eigenvalue weighted by Crippen LogP contribution is -2.55. The van der Waals surface area contributed by atoms with Crippen LogP contribution >= 0.6 is 0 Å². The van der Waals surface area contributed by atoms with Crippen molar-refractivity contribution in [1.82, 2.24) is 0 Å². The minimum atomic E-state index is -1.25. The van der Waals surface area contributed by atoms with Gasteiger partial charge in [0.15, 0.2) is 6.10 Å². The monoisotopic (exact) mass is 291 g/mol. The fourth-order valence-corrected chi connectivity index (χ4v) is 3.65. The maximum Gasteiger partial charge on any atom is 0.339 e. The van der Waals surface area contributed by atoms with E-state index in [4.69, 9.17) is 4.74 Å². The number of nitrogens with zero attached hydrogens (tertiary/aromatic N) is 1. The van der Waals surface area contributed by atoms with E-state index >= 15 is 0 Å². The number of carbonyl (C=O) groups is 1. The van der Waals surface area contributed by atoms with Crippen LogP contribution in [0.5, 0.6) is 0 Å². The third-order valence-electron chi connectivity index (χ3n) is 4.97. The second kappa shape index (κ2) is 5.40. The Morgan fingerprint density at radius 1 is 1.29 bits per heavy atom. The van der Waals surface area contributed by atoms with E-state index in [2.05, 4.69) is 0 Å². The summed E-state index contributed by atoms with van der Waals surface area (Å²) in [6.07, 6.45) is 1.51. The number of aliphatic hydroxyl groups is 1. The Labute approximate surface area is 124 Å². The van der Waals surface area contributed by atoms with Gasteiger partial charge in [-0.3, -0.25) is 0 Å². The number of quaternary nitrogens is 1. The summed E-state index contributed by atoms with van der Waals surface area (Å²) in [4.78, 5) is 12.1. The number of esters is 1. The molecule has 2 saturated heterocycles. The van der Waals surface area contributed by atoms with Crippen molar-refractivity contribution in [2.45, 2.75) is 50.0 Å². The molecule has 5 nitrogen and oxygen atoms in total. The van der Waals surface area contributed by atoms with Crippen molar-refractivity contribution in [2.24, 2.45) is 0 Å². The molecule has 0 aliphatic carbocycles. The third kappa shape index (κ3) is 2.69. The molecule has 0 saturated carbocycles. The van der Waals surface area contributed by atoms with Gasteiger partial charge in [0.05, 0.1) is 19.1 Å². The van der Waals surface area contributed by atoms with Gasteiger partial charge in [-0.2, -0.15) is 0 Å². The fourth-order valence-electron chi connectivity index (χ4n) is 3.65. The van der Waals surface area contributed by atoms with Crippen LogP contribution in [0.3, 0.4) is 0 Å².